The standard InChI is InChI=1S/C18H18FN3O3S.ClH/c19-13-3-1-5-15-16(13)20-18(26-15)22(17(23)14-4-2-10-25-14)7-6-21-8-11-24-12-9-21;/h1-5,10H,6-9,11-12H2;1H. The number of hydrogen-bond acceptors (Lipinski definition) is 6. The predicted octanol–water partition coefficient (Wildman–Crippen LogP) is 3.43. The van der Waals surface area contributed by atoms with Gasteiger partial charge in [-0.25, -0.2) is 9.37 Å². The van der Waals surface area contributed by atoms with Crippen LogP contribution < -0.4 is 4.90 Å². The molecule has 0 N–H and O–H groups in total. The molecule has 1 aliphatic heterocycles. The maximum Gasteiger partial charge on any atom is 0.295 e. The average Bonchev–Trinajstić information content (AvgIpc) is 3.33. The molecule has 0 atom stereocenters. The molecule has 1 aliphatic rings. The normalized spacial score (nSPS) is 14.9. The highest BCUT2D eigenvalue weighted by Gasteiger charge is 2.25. The minimum atomic E-state index is -0.386. The highest BCUT2D eigenvalue weighted by atomic mass is 35.5. The SMILES string of the molecule is Cl.O=C(c1ccco1)N(CCN1CCOCC1)c1nc2c(F)cccc2s1. The third-order valence-corrected chi connectivity index (χ3v) is 5.35. The van der Waals surface area contributed by atoms with Crippen molar-refractivity contribution in [2.75, 3.05) is 44.3 Å². The molecule has 144 valence electrons. The van der Waals surface area contributed by atoms with E-state index in [0.717, 1.165) is 13.1 Å². The van der Waals surface area contributed by atoms with Crippen LogP contribution in [0.1, 0.15) is 10.6 Å². The fourth-order valence-corrected chi connectivity index (χ4v) is 3.91. The lowest BCUT2D eigenvalue weighted by molar-refractivity contribution is 0.0390. The topological polar surface area (TPSA) is 58.8 Å². The molecule has 1 fully saturated rings. The predicted molar refractivity (Wildman–Crippen MR) is 104 cm³/mol. The van der Waals surface area contributed by atoms with E-state index in [0.29, 0.717) is 36.1 Å². The summed E-state index contributed by atoms with van der Waals surface area (Å²) in [5.41, 5.74) is 0.288. The van der Waals surface area contributed by atoms with Gasteiger partial charge in [-0.3, -0.25) is 14.6 Å². The van der Waals surface area contributed by atoms with Gasteiger partial charge in [-0.2, -0.15) is 0 Å². The lowest BCUT2D eigenvalue weighted by atomic mass is 10.3. The van der Waals surface area contributed by atoms with Crippen LogP contribution >= 0.6 is 23.7 Å². The van der Waals surface area contributed by atoms with Gasteiger partial charge < -0.3 is 9.15 Å². The second-order valence-corrected chi connectivity index (χ2v) is 6.98. The number of furan rings is 1. The Bertz CT molecular complexity index is 897. The van der Waals surface area contributed by atoms with E-state index in [1.165, 1.54) is 23.7 Å². The van der Waals surface area contributed by atoms with Crippen molar-refractivity contribution in [2.45, 2.75) is 0 Å². The molecular formula is C18H19ClFN3O3S. The number of hydrogen-bond donors (Lipinski definition) is 0. The molecule has 1 aromatic carbocycles. The van der Waals surface area contributed by atoms with Crippen LogP contribution in [0.3, 0.4) is 0 Å². The van der Waals surface area contributed by atoms with Crippen molar-refractivity contribution in [3.8, 4) is 0 Å². The molecule has 0 spiro atoms. The van der Waals surface area contributed by atoms with E-state index >= 15 is 0 Å². The van der Waals surface area contributed by atoms with Gasteiger partial charge in [0, 0.05) is 26.2 Å². The van der Waals surface area contributed by atoms with Crippen LogP contribution in [0.5, 0.6) is 0 Å². The number of thiazole rings is 1. The molecule has 2 aromatic heterocycles. The Kier molecular flexibility index (Phi) is 6.43. The molecule has 0 bridgehead atoms. The number of morpholine rings is 1. The zero-order chi connectivity index (χ0) is 17.9. The van der Waals surface area contributed by atoms with Crippen molar-refractivity contribution in [1.29, 1.82) is 0 Å². The minimum absolute atomic E-state index is 0. The highest BCUT2D eigenvalue weighted by Crippen LogP contribution is 2.31. The van der Waals surface area contributed by atoms with Crippen molar-refractivity contribution in [3.05, 3.63) is 48.2 Å². The lowest BCUT2D eigenvalue weighted by Gasteiger charge is -2.28. The lowest BCUT2D eigenvalue weighted by Crippen LogP contribution is -2.43. The highest BCUT2D eigenvalue weighted by molar-refractivity contribution is 7.22. The van der Waals surface area contributed by atoms with Crippen molar-refractivity contribution in [3.63, 3.8) is 0 Å². The first-order valence-corrected chi connectivity index (χ1v) is 9.24. The smallest absolute Gasteiger partial charge is 0.295 e. The van der Waals surface area contributed by atoms with Crippen LogP contribution in [0, 0.1) is 5.82 Å². The van der Waals surface area contributed by atoms with E-state index in [2.05, 4.69) is 9.88 Å². The van der Waals surface area contributed by atoms with Crippen LogP contribution in [-0.4, -0.2) is 55.2 Å². The Balaban J connectivity index is 0.00000210. The van der Waals surface area contributed by atoms with Gasteiger partial charge in [0.15, 0.2) is 10.9 Å². The Morgan fingerprint density at radius 3 is 2.78 bits per heavy atom. The summed E-state index contributed by atoms with van der Waals surface area (Å²) in [5, 5.41) is 0.472. The molecule has 3 heterocycles. The maximum absolute atomic E-state index is 14.0. The van der Waals surface area contributed by atoms with Gasteiger partial charge in [-0.15, -0.1) is 12.4 Å². The Labute approximate surface area is 165 Å². The second kappa shape index (κ2) is 8.79. The quantitative estimate of drug-likeness (QED) is 0.643. The summed E-state index contributed by atoms with van der Waals surface area (Å²) in [4.78, 5) is 21.1. The Morgan fingerprint density at radius 2 is 2.07 bits per heavy atom. The Morgan fingerprint density at radius 1 is 1.26 bits per heavy atom. The molecule has 0 unspecified atom stereocenters. The number of aromatic nitrogens is 1. The summed E-state index contributed by atoms with van der Waals surface area (Å²) in [6.45, 7) is 4.18. The van der Waals surface area contributed by atoms with Gasteiger partial charge in [0.05, 0.1) is 24.2 Å². The van der Waals surface area contributed by atoms with Crippen LogP contribution in [0.4, 0.5) is 9.52 Å². The summed E-state index contributed by atoms with van der Waals surface area (Å²) < 4.78 is 25.4. The molecule has 0 radical (unpaired) electrons. The fraction of sp³-hybridized carbons (Fsp3) is 0.333. The average molecular weight is 412 g/mol. The molecule has 9 heteroatoms. The summed E-state index contributed by atoms with van der Waals surface area (Å²) in [6, 6.07) is 8.12. The number of carbonyl (C=O) groups excluding carboxylic acids is 1. The van der Waals surface area contributed by atoms with E-state index in [1.54, 1.807) is 29.2 Å². The number of ether oxygens (including phenoxy) is 1. The third-order valence-electron chi connectivity index (χ3n) is 4.31. The number of nitrogens with zero attached hydrogens (tertiary/aromatic N) is 3. The first kappa shape index (κ1) is 19.8. The van der Waals surface area contributed by atoms with Gasteiger partial charge in [0.2, 0.25) is 0 Å². The number of fused-ring (bicyclic) bond motifs is 1. The molecule has 0 saturated carbocycles. The molecule has 1 amide bonds. The van der Waals surface area contributed by atoms with Crippen molar-refractivity contribution < 1.29 is 18.3 Å². The molecule has 27 heavy (non-hydrogen) atoms. The van der Waals surface area contributed by atoms with Crippen molar-refractivity contribution in [1.82, 2.24) is 9.88 Å². The van der Waals surface area contributed by atoms with E-state index < -0.39 is 0 Å². The zero-order valence-electron chi connectivity index (χ0n) is 14.5. The van der Waals surface area contributed by atoms with Gasteiger partial charge >= 0.3 is 0 Å². The van der Waals surface area contributed by atoms with Crippen LogP contribution in [0.25, 0.3) is 10.2 Å². The minimum Gasteiger partial charge on any atom is -0.459 e. The van der Waals surface area contributed by atoms with Gasteiger partial charge in [0.1, 0.15) is 11.3 Å². The van der Waals surface area contributed by atoms with Gasteiger partial charge in [0.25, 0.3) is 5.91 Å². The van der Waals surface area contributed by atoms with Crippen molar-refractivity contribution >= 4 is 45.0 Å². The third kappa shape index (κ3) is 4.30. The van der Waals surface area contributed by atoms with E-state index in [-0.39, 0.29) is 35.4 Å². The van der Waals surface area contributed by atoms with E-state index in [1.807, 2.05) is 0 Å². The molecule has 4 rings (SSSR count). The first-order chi connectivity index (χ1) is 12.7. The monoisotopic (exact) mass is 411 g/mol. The fourth-order valence-electron chi connectivity index (χ4n) is 2.90. The summed E-state index contributed by atoms with van der Waals surface area (Å²) in [7, 11) is 0. The summed E-state index contributed by atoms with van der Waals surface area (Å²) in [5.74, 6) is -0.419. The molecule has 6 nitrogen and oxygen atoms in total. The number of amides is 1. The van der Waals surface area contributed by atoms with Crippen LogP contribution in [0.15, 0.2) is 41.0 Å². The summed E-state index contributed by atoms with van der Waals surface area (Å²) in [6.07, 6.45) is 1.46. The number of rotatable bonds is 5. The van der Waals surface area contributed by atoms with Crippen LogP contribution in [0.2, 0.25) is 0 Å². The number of carbonyl (C=O) groups is 1. The van der Waals surface area contributed by atoms with Crippen LogP contribution in [-0.2, 0) is 4.74 Å². The summed E-state index contributed by atoms with van der Waals surface area (Å²) >= 11 is 1.30. The van der Waals surface area contributed by atoms with E-state index in [4.69, 9.17) is 9.15 Å². The number of anilines is 1. The largest absolute Gasteiger partial charge is 0.459 e. The van der Waals surface area contributed by atoms with Crippen molar-refractivity contribution in [2.24, 2.45) is 0 Å². The van der Waals surface area contributed by atoms with E-state index in [9.17, 15) is 9.18 Å². The van der Waals surface area contributed by atoms with Gasteiger partial charge in [-0.1, -0.05) is 17.4 Å². The Hall–Kier alpha value is -2.00. The number of halogens is 2. The maximum atomic E-state index is 14.0. The second-order valence-electron chi connectivity index (χ2n) is 5.97. The van der Waals surface area contributed by atoms with Gasteiger partial charge in [-0.05, 0) is 24.3 Å². The number of para-hydroxylation sites is 1. The molecule has 0 aliphatic carbocycles. The molecule has 1 saturated heterocycles. The zero-order valence-corrected chi connectivity index (χ0v) is 16.1. The number of benzene rings is 1. The first-order valence-electron chi connectivity index (χ1n) is 8.43. The molecule has 3 aromatic rings. The molecular weight excluding hydrogens is 393 g/mol.